The average Bonchev–Trinajstić information content (AvgIpc) is 2.69. The van der Waals surface area contributed by atoms with Crippen molar-refractivity contribution in [2.24, 2.45) is 0 Å². The lowest BCUT2D eigenvalue weighted by molar-refractivity contribution is 0.190. The minimum absolute atomic E-state index is 0.471. The molecule has 1 N–H and O–H groups in total. The first-order valence-electron chi connectivity index (χ1n) is 5.83. The van der Waals surface area contributed by atoms with Gasteiger partial charge >= 0.3 is 0 Å². The highest BCUT2D eigenvalue weighted by atomic mass is 16.5. The third-order valence-electron chi connectivity index (χ3n) is 2.33. The van der Waals surface area contributed by atoms with E-state index in [4.69, 9.17) is 4.74 Å². The van der Waals surface area contributed by atoms with Gasteiger partial charge in [0, 0.05) is 26.3 Å². The highest BCUT2D eigenvalue weighted by Gasteiger charge is 2.04. The zero-order valence-corrected chi connectivity index (χ0v) is 10.4. The van der Waals surface area contributed by atoms with E-state index in [-0.39, 0.29) is 0 Å². The molecule has 1 rings (SSSR count). The van der Waals surface area contributed by atoms with Gasteiger partial charge in [0.15, 0.2) is 0 Å². The molecule has 0 saturated heterocycles. The van der Waals surface area contributed by atoms with Crippen molar-refractivity contribution in [2.75, 3.05) is 13.7 Å². The van der Waals surface area contributed by atoms with Crippen LogP contribution in [0.1, 0.15) is 32.5 Å². The summed E-state index contributed by atoms with van der Waals surface area (Å²) in [7, 11) is 1.73. The first kappa shape index (κ1) is 13.1. The molecule has 0 fully saturated rings. The standard InChI is InChI=1S/C11H22N4O/c1-10(2)12-8-11-13-9-14-15(11)6-4-5-7-16-3/h9-10,12H,4-8H2,1-3H3. The SMILES string of the molecule is COCCCCn1ncnc1CNC(C)C. The zero-order chi connectivity index (χ0) is 11.8. The lowest BCUT2D eigenvalue weighted by Crippen LogP contribution is -2.24. The molecule has 1 heterocycles. The number of methoxy groups -OCH3 is 1. The van der Waals surface area contributed by atoms with Gasteiger partial charge in [0.25, 0.3) is 0 Å². The minimum atomic E-state index is 0.471. The van der Waals surface area contributed by atoms with Gasteiger partial charge in [-0.1, -0.05) is 13.8 Å². The number of aromatic nitrogens is 3. The van der Waals surface area contributed by atoms with Crippen LogP contribution in [0.15, 0.2) is 6.33 Å². The van der Waals surface area contributed by atoms with Crippen molar-refractivity contribution in [3.8, 4) is 0 Å². The van der Waals surface area contributed by atoms with E-state index < -0.39 is 0 Å². The number of aryl methyl sites for hydroxylation is 1. The topological polar surface area (TPSA) is 52.0 Å². The lowest BCUT2D eigenvalue weighted by atomic mass is 10.3. The van der Waals surface area contributed by atoms with Gasteiger partial charge in [-0.05, 0) is 12.8 Å². The number of hydrogen-bond donors (Lipinski definition) is 1. The van der Waals surface area contributed by atoms with Crippen molar-refractivity contribution < 1.29 is 4.74 Å². The summed E-state index contributed by atoms with van der Waals surface area (Å²) in [4.78, 5) is 4.25. The number of nitrogens with one attached hydrogen (secondary N) is 1. The fourth-order valence-electron chi connectivity index (χ4n) is 1.42. The Morgan fingerprint density at radius 2 is 2.25 bits per heavy atom. The van der Waals surface area contributed by atoms with Crippen LogP contribution < -0.4 is 5.32 Å². The molecule has 0 amide bonds. The Morgan fingerprint density at radius 1 is 1.44 bits per heavy atom. The van der Waals surface area contributed by atoms with Gasteiger partial charge in [-0.15, -0.1) is 0 Å². The second-order valence-electron chi connectivity index (χ2n) is 4.13. The van der Waals surface area contributed by atoms with Crippen LogP contribution in [0.25, 0.3) is 0 Å². The molecular weight excluding hydrogens is 204 g/mol. The Morgan fingerprint density at radius 3 is 2.94 bits per heavy atom. The summed E-state index contributed by atoms with van der Waals surface area (Å²) < 4.78 is 6.98. The fraction of sp³-hybridized carbons (Fsp3) is 0.818. The Kier molecular flexibility index (Phi) is 6.03. The largest absolute Gasteiger partial charge is 0.385 e. The molecule has 0 aliphatic rings. The van der Waals surface area contributed by atoms with Crippen LogP contribution in [0.3, 0.4) is 0 Å². The molecule has 1 aromatic rings. The Bertz CT molecular complexity index is 285. The second kappa shape index (κ2) is 7.35. The molecule has 16 heavy (non-hydrogen) atoms. The third-order valence-corrected chi connectivity index (χ3v) is 2.33. The highest BCUT2D eigenvalue weighted by Crippen LogP contribution is 1.99. The number of hydrogen-bond acceptors (Lipinski definition) is 4. The first-order chi connectivity index (χ1) is 7.74. The third kappa shape index (κ3) is 4.72. The molecule has 0 atom stereocenters. The van der Waals surface area contributed by atoms with Gasteiger partial charge in [-0.25, -0.2) is 9.67 Å². The fourth-order valence-corrected chi connectivity index (χ4v) is 1.42. The van der Waals surface area contributed by atoms with Gasteiger partial charge in [0.2, 0.25) is 0 Å². The normalized spacial score (nSPS) is 11.2. The van der Waals surface area contributed by atoms with Gasteiger partial charge in [-0.3, -0.25) is 0 Å². The molecule has 0 bridgehead atoms. The van der Waals surface area contributed by atoms with Crippen LogP contribution in [0.5, 0.6) is 0 Å². The van der Waals surface area contributed by atoms with E-state index in [1.54, 1.807) is 13.4 Å². The van der Waals surface area contributed by atoms with Crippen molar-refractivity contribution in [2.45, 2.75) is 45.8 Å². The summed E-state index contributed by atoms with van der Waals surface area (Å²) in [6.07, 6.45) is 3.76. The Hall–Kier alpha value is -0.940. The smallest absolute Gasteiger partial charge is 0.140 e. The molecule has 5 nitrogen and oxygen atoms in total. The average molecular weight is 226 g/mol. The molecule has 0 unspecified atom stereocenters. The molecule has 0 aliphatic carbocycles. The van der Waals surface area contributed by atoms with E-state index in [2.05, 4.69) is 29.2 Å². The Balaban J connectivity index is 2.32. The van der Waals surface area contributed by atoms with Crippen molar-refractivity contribution in [1.29, 1.82) is 0 Å². The number of ether oxygens (including phenoxy) is 1. The van der Waals surface area contributed by atoms with E-state index in [1.807, 2.05) is 4.68 Å². The molecule has 1 aromatic heterocycles. The van der Waals surface area contributed by atoms with Gasteiger partial charge in [-0.2, -0.15) is 5.10 Å². The summed E-state index contributed by atoms with van der Waals surface area (Å²) in [6.45, 7) is 6.76. The van der Waals surface area contributed by atoms with Crippen LogP contribution in [0.4, 0.5) is 0 Å². The maximum absolute atomic E-state index is 5.01. The van der Waals surface area contributed by atoms with Crippen LogP contribution in [0, 0.1) is 0 Å². The van der Waals surface area contributed by atoms with Crippen molar-refractivity contribution >= 4 is 0 Å². The monoisotopic (exact) mass is 226 g/mol. The van der Waals surface area contributed by atoms with E-state index in [9.17, 15) is 0 Å². The van der Waals surface area contributed by atoms with Gasteiger partial charge < -0.3 is 10.1 Å². The summed E-state index contributed by atoms with van der Waals surface area (Å²) in [5, 5.41) is 7.56. The van der Waals surface area contributed by atoms with Crippen LogP contribution >= 0.6 is 0 Å². The second-order valence-corrected chi connectivity index (χ2v) is 4.13. The molecule has 0 radical (unpaired) electrons. The van der Waals surface area contributed by atoms with Gasteiger partial charge in [0.1, 0.15) is 12.2 Å². The zero-order valence-electron chi connectivity index (χ0n) is 10.4. The molecule has 5 heteroatoms. The van der Waals surface area contributed by atoms with Crippen LogP contribution in [0.2, 0.25) is 0 Å². The molecular formula is C11H22N4O. The summed E-state index contributed by atoms with van der Waals surface area (Å²) >= 11 is 0. The summed E-state index contributed by atoms with van der Waals surface area (Å²) in [5.41, 5.74) is 0. The number of unbranched alkanes of at least 4 members (excludes halogenated alkanes) is 1. The predicted molar refractivity (Wildman–Crippen MR) is 63.1 cm³/mol. The number of nitrogens with zero attached hydrogens (tertiary/aromatic N) is 3. The number of rotatable bonds is 8. The van der Waals surface area contributed by atoms with Crippen molar-refractivity contribution in [3.63, 3.8) is 0 Å². The van der Waals surface area contributed by atoms with Crippen molar-refractivity contribution in [3.05, 3.63) is 12.2 Å². The molecule has 92 valence electrons. The predicted octanol–water partition coefficient (Wildman–Crippen LogP) is 1.20. The molecule has 0 aliphatic heterocycles. The van der Waals surface area contributed by atoms with E-state index in [1.165, 1.54) is 0 Å². The van der Waals surface area contributed by atoms with Crippen LogP contribution in [-0.2, 0) is 17.8 Å². The molecule has 0 aromatic carbocycles. The van der Waals surface area contributed by atoms with E-state index in [0.717, 1.165) is 38.4 Å². The maximum atomic E-state index is 5.01. The van der Waals surface area contributed by atoms with Crippen LogP contribution in [-0.4, -0.2) is 34.5 Å². The maximum Gasteiger partial charge on any atom is 0.140 e. The lowest BCUT2D eigenvalue weighted by Gasteiger charge is -2.09. The van der Waals surface area contributed by atoms with Gasteiger partial charge in [0.05, 0.1) is 6.54 Å². The van der Waals surface area contributed by atoms with E-state index in [0.29, 0.717) is 6.04 Å². The molecule has 0 saturated carbocycles. The highest BCUT2D eigenvalue weighted by molar-refractivity contribution is 4.84. The van der Waals surface area contributed by atoms with Crippen molar-refractivity contribution in [1.82, 2.24) is 20.1 Å². The Labute approximate surface area is 97.2 Å². The molecule has 0 spiro atoms. The summed E-state index contributed by atoms with van der Waals surface area (Å²) in [5.74, 6) is 1.01. The first-order valence-corrected chi connectivity index (χ1v) is 5.83. The minimum Gasteiger partial charge on any atom is -0.385 e. The quantitative estimate of drug-likeness (QED) is 0.677. The summed E-state index contributed by atoms with van der Waals surface area (Å²) in [6, 6.07) is 0.471. The van der Waals surface area contributed by atoms with E-state index >= 15 is 0 Å².